The first-order chi connectivity index (χ1) is 11.6. The van der Waals surface area contributed by atoms with Crippen molar-refractivity contribution in [3.05, 3.63) is 53.1 Å². The Morgan fingerprint density at radius 3 is 2.62 bits per heavy atom. The van der Waals surface area contributed by atoms with Crippen molar-refractivity contribution in [2.24, 2.45) is 0 Å². The van der Waals surface area contributed by atoms with Crippen LogP contribution in [0.4, 0.5) is 0 Å². The van der Waals surface area contributed by atoms with Crippen LogP contribution in [-0.4, -0.2) is 26.1 Å². The molecule has 3 heterocycles. The first kappa shape index (κ1) is 17.0. The highest BCUT2D eigenvalue weighted by Gasteiger charge is 2.40. The smallest absolute Gasteiger partial charge is 0.170 e. The molecule has 1 aliphatic heterocycles. The van der Waals surface area contributed by atoms with Crippen LogP contribution in [0, 0.1) is 13.8 Å². The van der Waals surface area contributed by atoms with E-state index in [-0.39, 0.29) is 12.1 Å². The third-order valence-electron chi connectivity index (χ3n) is 4.91. The summed E-state index contributed by atoms with van der Waals surface area (Å²) in [5.74, 6) is 0. The normalized spacial score (nSPS) is 20.5. The van der Waals surface area contributed by atoms with Crippen LogP contribution in [-0.2, 0) is 6.54 Å². The second kappa shape index (κ2) is 6.93. The van der Waals surface area contributed by atoms with E-state index < -0.39 is 0 Å². The molecule has 3 rings (SSSR count). The number of rotatable bonds is 5. The van der Waals surface area contributed by atoms with Crippen molar-refractivity contribution in [3.8, 4) is 0 Å². The van der Waals surface area contributed by atoms with E-state index in [1.54, 1.807) is 0 Å². The molecule has 4 nitrogen and oxygen atoms in total. The van der Waals surface area contributed by atoms with Gasteiger partial charge >= 0.3 is 0 Å². The van der Waals surface area contributed by atoms with Crippen LogP contribution < -0.4 is 5.32 Å². The molecule has 24 heavy (non-hydrogen) atoms. The van der Waals surface area contributed by atoms with Crippen LogP contribution in [0.25, 0.3) is 0 Å². The Morgan fingerprint density at radius 1 is 1.25 bits per heavy atom. The van der Waals surface area contributed by atoms with E-state index in [4.69, 9.17) is 12.2 Å². The summed E-state index contributed by atoms with van der Waals surface area (Å²) in [4.78, 5) is 6.92. The molecule has 1 fully saturated rings. The van der Waals surface area contributed by atoms with Gasteiger partial charge in [0.2, 0.25) is 0 Å². The topological polar surface area (TPSA) is 33.1 Å². The van der Waals surface area contributed by atoms with Crippen LogP contribution in [0.5, 0.6) is 0 Å². The third kappa shape index (κ3) is 2.81. The van der Waals surface area contributed by atoms with Crippen LogP contribution in [0.3, 0.4) is 0 Å². The van der Waals surface area contributed by atoms with Crippen molar-refractivity contribution in [2.75, 3.05) is 6.54 Å². The molecular weight excluding hydrogens is 316 g/mol. The summed E-state index contributed by atoms with van der Waals surface area (Å²) in [7, 11) is 0. The molecule has 0 spiro atoms. The summed E-state index contributed by atoms with van der Waals surface area (Å²) in [6.07, 6.45) is 2.93. The SMILES string of the molecule is CCCN1C(=S)NC(c2ccccn2)C1c1cc(C)n(CC)c1C. The van der Waals surface area contributed by atoms with Crippen molar-refractivity contribution < 1.29 is 0 Å². The molecule has 1 N–H and O–H groups in total. The second-order valence-corrected chi connectivity index (χ2v) is 6.78. The Morgan fingerprint density at radius 2 is 2.04 bits per heavy atom. The van der Waals surface area contributed by atoms with E-state index in [2.05, 4.69) is 59.6 Å². The lowest BCUT2D eigenvalue weighted by molar-refractivity contribution is 0.316. The van der Waals surface area contributed by atoms with Crippen LogP contribution in [0.2, 0.25) is 0 Å². The molecule has 0 aliphatic carbocycles. The molecule has 0 aromatic carbocycles. The van der Waals surface area contributed by atoms with Gasteiger partial charge in [-0.1, -0.05) is 13.0 Å². The fourth-order valence-corrected chi connectivity index (χ4v) is 4.17. The zero-order chi connectivity index (χ0) is 17.3. The number of thiocarbonyl (C=S) groups is 1. The first-order valence-corrected chi connectivity index (χ1v) is 9.14. The van der Waals surface area contributed by atoms with Crippen molar-refractivity contribution in [1.29, 1.82) is 0 Å². The molecular formula is C19H26N4S. The van der Waals surface area contributed by atoms with E-state index in [1.807, 2.05) is 18.3 Å². The van der Waals surface area contributed by atoms with Gasteiger partial charge in [0.05, 0.1) is 17.8 Å². The fourth-order valence-electron chi connectivity index (χ4n) is 3.84. The highest BCUT2D eigenvalue weighted by Crippen LogP contribution is 2.40. The summed E-state index contributed by atoms with van der Waals surface area (Å²) in [6, 6.07) is 8.69. The quantitative estimate of drug-likeness (QED) is 0.836. The van der Waals surface area contributed by atoms with Gasteiger partial charge in [0, 0.05) is 30.7 Å². The standard InChI is InChI=1S/C19H26N4S/c1-5-11-23-18(15-12-13(3)22(6-2)14(15)4)17(21-19(23)24)16-9-7-8-10-20-16/h7-10,12,17-18H,5-6,11H2,1-4H3,(H,21,24). The maximum Gasteiger partial charge on any atom is 0.170 e. The average Bonchev–Trinajstić information content (AvgIpc) is 3.05. The number of hydrogen-bond donors (Lipinski definition) is 1. The van der Waals surface area contributed by atoms with E-state index in [0.29, 0.717) is 0 Å². The Labute approximate surface area is 149 Å². The zero-order valence-corrected chi connectivity index (χ0v) is 15.7. The number of nitrogens with zero attached hydrogens (tertiary/aromatic N) is 3. The first-order valence-electron chi connectivity index (χ1n) is 8.73. The molecule has 2 aromatic heterocycles. The molecule has 0 radical (unpaired) electrons. The molecule has 0 bridgehead atoms. The van der Waals surface area contributed by atoms with Gasteiger partial charge in [0.1, 0.15) is 0 Å². The summed E-state index contributed by atoms with van der Waals surface area (Å²) in [6.45, 7) is 10.7. The average molecular weight is 343 g/mol. The highest BCUT2D eigenvalue weighted by molar-refractivity contribution is 7.80. The van der Waals surface area contributed by atoms with Gasteiger partial charge in [-0.05, 0) is 63.2 Å². The number of hydrogen-bond acceptors (Lipinski definition) is 2. The minimum Gasteiger partial charge on any atom is -0.352 e. The Hall–Kier alpha value is -1.88. The van der Waals surface area contributed by atoms with Crippen molar-refractivity contribution >= 4 is 17.3 Å². The summed E-state index contributed by atoms with van der Waals surface area (Å²) in [5, 5.41) is 4.35. The van der Waals surface area contributed by atoms with E-state index in [1.165, 1.54) is 17.0 Å². The minimum absolute atomic E-state index is 0.0936. The monoisotopic (exact) mass is 342 g/mol. The van der Waals surface area contributed by atoms with Crippen LogP contribution in [0.1, 0.15) is 55.0 Å². The molecule has 2 unspecified atom stereocenters. The van der Waals surface area contributed by atoms with Crippen molar-refractivity contribution in [1.82, 2.24) is 19.8 Å². The van der Waals surface area contributed by atoms with Gasteiger partial charge in [0.25, 0.3) is 0 Å². The van der Waals surface area contributed by atoms with Crippen LogP contribution in [0.15, 0.2) is 30.5 Å². The number of aromatic nitrogens is 2. The largest absolute Gasteiger partial charge is 0.352 e. The molecule has 1 aliphatic rings. The second-order valence-electron chi connectivity index (χ2n) is 6.39. The number of nitrogens with one attached hydrogen (secondary N) is 1. The lowest BCUT2D eigenvalue weighted by Gasteiger charge is -2.27. The molecule has 2 atom stereocenters. The van der Waals surface area contributed by atoms with E-state index in [9.17, 15) is 0 Å². The maximum absolute atomic E-state index is 5.65. The Kier molecular flexibility index (Phi) is 4.90. The molecule has 5 heteroatoms. The van der Waals surface area contributed by atoms with Gasteiger partial charge < -0.3 is 14.8 Å². The number of pyridine rings is 1. The third-order valence-corrected chi connectivity index (χ3v) is 5.26. The zero-order valence-electron chi connectivity index (χ0n) is 14.9. The Balaban J connectivity index is 2.09. The van der Waals surface area contributed by atoms with Crippen LogP contribution >= 0.6 is 12.2 Å². The Bertz CT molecular complexity index is 722. The van der Waals surface area contributed by atoms with Gasteiger partial charge in [-0.25, -0.2) is 0 Å². The van der Waals surface area contributed by atoms with Gasteiger partial charge in [-0.3, -0.25) is 4.98 Å². The lowest BCUT2D eigenvalue weighted by Crippen LogP contribution is -2.30. The molecule has 128 valence electrons. The summed E-state index contributed by atoms with van der Waals surface area (Å²) >= 11 is 5.65. The predicted octanol–water partition coefficient (Wildman–Crippen LogP) is 3.90. The predicted molar refractivity (Wildman–Crippen MR) is 102 cm³/mol. The van der Waals surface area contributed by atoms with Crippen molar-refractivity contribution in [3.63, 3.8) is 0 Å². The van der Waals surface area contributed by atoms with Gasteiger partial charge in [-0.15, -0.1) is 0 Å². The summed E-state index contributed by atoms with van der Waals surface area (Å²) in [5.41, 5.74) is 5.03. The maximum atomic E-state index is 5.65. The van der Waals surface area contributed by atoms with E-state index >= 15 is 0 Å². The van der Waals surface area contributed by atoms with Gasteiger partial charge in [0.15, 0.2) is 5.11 Å². The summed E-state index contributed by atoms with van der Waals surface area (Å²) < 4.78 is 2.37. The minimum atomic E-state index is 0.0936. The molecule has 1 saturated heterocycles. The lowest BCUT2D eigenvalue weighted by atomic mass is 9.96. The molecule has 0 amide bonds. The number of aryl methyl sites for hydroxylation is 1. The van der Waals surface area contributed by atoms with E-state index in [0.717, 1.165) is 30.3 Å². The molecule has 0 saturated carbocycles. The fraction of sp³-hybridized carbons (Fsp3) is 0.474. The van der Waals surface area contributed by atoms with Crippen molar-refractivity contribution in [2.45, 2.75) is 52.7 Å². The highest BCUT2D eigenvalue weighted by atomic mass is 32.1. The molecule has 2 aromatic rings. The van der Waals surface area contributed by atoms with Gasteiger partial charge in [-0.2, -0.15) is 0 Å².